The van der Waals surface area contributed by atoms with Crippen LogP contribution in [0.2, 0.25) is 5.02 Å². The number of carbonyl (C=O) groups is 1. The van der Waals surface area contributed by atoms with Gasteiger partial charge in [0.1, 0.15) is 0 Å². The van der Waals surface area contributed by atoms with Gasteiger partial charge in [0.2, 0.25) is 5.91 Å². The van der Waals surface area contributed by atoms with Crippen LogP contribution >= 0.6 is 11.6 Å². The number of ether oxygens (including phenoxy) is 2. The van der Waals surface area contributed by atoms with Crippen LogP contribution in [0.4, 0.5) is 5.69 Å². The van der Waals surface area contributed by atoms with E-state index in [1.807, 2.05) is 37.3 Å². The summed E-state index contributed by atoms with van der Waals surface area (Å²) < 4.78 is 10.5. The van der Waals surface area contributed by atoms with Gasteiger partial charge < -0.3 is 20.1 Å². The summed E-state index contributed by atoms with van der Waals surface area (Å²) in [5.41, 5.74) is 2.68. The molecule has 2 N–H and O–H groups in total. The maximum atomic E-state index is 12.0. The van der Waals surface area contributed by atoms with Crippen LogP contribution < -0.4 is 20.1 Å². The normalized spacial score (nSPS) is 10.4. The Hall–Kier alpha value is -2.24. The number of hydrogen-bond donors (Lipinski definition) is 2. The molecule has 0 heterocycles. The molecule has 2 aromatic carbocycles. The fourth-order valence-corrected chi connectivity index (χ4v) is 2.56. The third-order valence-electron chi connectivity index (χ3n) is 3.85. The lowest BCUT2D eigenvalue weighted by Gasteiger charge is -2.11. The number of benzene rings is 2. The summed E-state index contributed by atoms with van der Waals surface area (Å²) in [6, 6.07) is 11.2. The van der Waals surface area contributed by atoms with Crippen molar-refractivity contribution < 1.29 is 14.3 Å². The van der Waals surface area contributed by atoms with Crippen LogP contribution in [0.3, 0.4) is 0 Å². The summed E-state index contributed by atoms with van der Waals surface area (Å²) in [5, 5.41) is 6.78. The van der Waals surface area contributed by atoms with Gasteiger partial charge in [-0.05, 0) is 42.3 Å². The molecule has 0 aliphatic rings. The second-order valence-corrected chi connectivity index (χ2v) is 5.98. The lowest BCUT2D eigenvalue weighted by atomic mass is 10.2. The molecule has 0 radical (unpaired) electrons. The summed E-state index contributed by atoms with van der Waals surface area (Å²) in [6.45, 7) is 3.09. The average Bonchev–Trinajstić information content (AvgIpc) is 2.62. The fraction of sp³-hybridized carbons (Fsp3) is 0.316. The Balaban J connectivity index is 1.79. The number of amides is 1. The molecule has 0 atom stereocenters. The number of anilines is 1. The van der Waals surface area contributed by atoms with Crippen molar-refractivity contribution in [2.45, 2.75) is 19.9 Å². The first kappa shape index (κ1) is 19.1. The van der Waals surface area contributed by atoms with Crippen molar-refractivity contribution in [3.63, 3.8) is 0 Å². The largest absolute Gasteiger partial charge is 0.493 e. The molecule has 0 aromatic heterocycles. The fourth-order valence-electron chi connectivity index (χ4n) is 2.38. The Morgan fingerprint density at radius 1 is 1.12 bits per heavy atom. The van der Waals surface area contributed by atoms with Gasteiger partial charge in [0.05, 0.1) is 14.2 Å². The van der Waals surface area contributed by atoms with Gasteiger partial charge >= 0.3 is 0 Å². The van der Waals surface area contributed by atoms with Crippen molar-refractivity contribution >= 4 is 23.2 Å². The van der Waals surface area contributed by atoms with E-state index in [0.29, 0.717) is 36.0 Å². The van der Waals surface area contributed by atoms with E-state index >= 15 is 0 Å². The van der Waals surface area contributed by atoms with Crippen LogP contribution in [0.1, 0.15) is 17.5 Å². The second-order valence-electron chi connectivity index (χ2n) is 5.58. The van der Waals surface area contributed by atoms with Gasteiger partial charge in [-0.1, -0.05) is 23.7 Å². The molecule has 0 saturated carbocycles. The summed E-state index contributed by atoms with van der Waals surface area (Å²) >= 11 is 6.06. The third-order valence-corrected chi connectivity index (χ3v) is 4.26. The minimum Gasteiger partial charge on any atom is -0.493 e. The van der Waals surface area contributed by atoms with E-state index in [2.05, 4.69) is 10.6 Å². The zero-order valence-corrected chi connectivity index (χ0v) is 15.4. The predicted octanol–water partition coefficient (Wildman–Crippen LogP) is 3.78. The van der Waals surface area contributed by atoms with Crippen molar-refractivity contribution in [2.75, 3.05) is 26.1 Å². The molecular formula is C19H23ClN2O3. The van der Waals surface area contributed by atoms with E-state index < -0.39 is 0 Å². The highest BCUT2D eigenvalue weighted by molar-refractivity contribution is 6.31. The Bertz CT molecular complexity index is 735. The number of hydrogen-bond acceptors (Lipinski definition) is 4. The van der Waals surface area contributed by atoms with Crippen LogP contribution in [0.5, 0.6) is 11.5 Å². The minimum atomic E-state index is -0.0508. The van der Waals surface area contributed by atoms with E-state index in [0.717, 1.165) is 16.8 Å². The maximum Gasteiger partial charge on any atom is 0.225 e. The van der Waals surface area contributed by atoms with Crippen molar-refractivity contribution in [2.24, 2.45) is 0 Å². The molecule has 0 saturated heterocycles. The van der Waals surface area contributed by atoms with Gasteiger partial charge in [0, 0.05) is 30.2 Å². The van der Waals surface area contributed by atoms with Gasteiger partial charge in [-0.15, -0.1) is 0 Å². The highest BCUT2D eigenvalue weighted by Gasteiger charge is 2.07. The van der Waals surface area contributed by atoms with Gasteiger partial charge in [0.25, 0.3) is 0 Å². The molecule has 1 amide bonds. The highest BCUT2D eigenvalue weighted by atomic mass is 35.5. The van der Waals surface area contributed by atoms with Gasteiger partial charge in [-0.3, -0.25) is 4.79 Å². The number of rotatable bonds is 8. The molecule has 5 nitrogen and oxygen atoms in total. The Labute approximate surface area is 153 Å². The van der Waals surface area contributed by atoms with E-state index in [-0.39, 0.29) is 5.91 Å². The van der Waals surface area contributed by atoms with Gasteiger partial charge in [0.15, 0.2) is 11.5 Å². The molecule has 0 fully saturated rings. The number of halogens is 1. The first-order valence-electron chi connectivity index (χ1n) is 8.01. The van der Waals surface area contributed by atoms with Crippen molar-refractivity contribution in [1.29, 1.82) is 0 Å². The summed E-state index contributed by atoms with van der Waals surface area (Å²) in [5.74, 6) is 1.34. The topological polar surface area (TPSA) is 59.6 Å². The van der Waals surface area contributed by atoms with Gasteiger partial charge in [-0.25, -0.2) is 0 Å². The second kappa shape index (κ2) is 9.30. The molecular weight excluding hydrogens is 340 g/mol. The number of carbonyl (C=O) groups excluding carboxylic acids is 1. The SMILES string of the molecule is COc1ccc(CNCCC(=O)Nc2cccc(Cl)c2C)cc1OC. The van der Waals surface area contributed by atoms with Crippen molar-refractivity contribution in [3.05, 3.63) is 52.5 Å². The first-order chi connectivity index (χ1) is 12.0. The molecule has 0 aliphatic carbocycles. The molecule has 2 aromatic rings. The Kier molecular flexibility index (Phi) is 7.10. The van der Waals surface area contributed by atoms with E-state index in [1.165, 1.54) is 0 Å². The monoisotopic (exact) mass is 362 g/mol. The molecule has 0 bridgehead atoms. The molecule has 0 aliphatic heterocycles. The zero-order chi connectivity index (χ0) is 18.2. The minimum absolute atomic E-state index is 0.0508. The van der Waals surface area contributed by atoms with Crippen molar-refractivity contribution in [3.8, 4) is 11.5 Å². The van der Waals surface area contributed by atoms with Crippen LogP contribution in [0.25, 0.3) is 0 Å². The highest BCUT2D eigenvalue weighted by Crippen LogP contribution is 2.27. The molecule has 6 heteroatoms. The van der Waals surface area contributed by atoms with E-state index in [1.54, 1.807) is 20.3 Å². The quantitative estimate of drug-likeness (QED) is 0.701. The predicted molar refractivity (Wildman–Crippen MR) is 101 cm³/mol. The van der Waals surface area contributed by atoms with Crippen LogP contribution in [-0.2, 0) is 11.3 Å². The number of nitrogens with one attached hydrogen (secondary N) is 2. The van der Waals surface area contributed by atoms with E-state index in [4.69, 9.17) is 21.1 Å². The van der Waals surface area contributed by atoms with Crippen LogP contribution in [0, 0.1) is 6.92 Å². The summed E-state index contributed by atoms with van der Waals surface area (Å²) in [6.07, 6.45) is 0.374. The summed E-state index contributed by atoms with van der Waals surface area (Å²) in [7, 11) is 3.22. The average molecular weight is 363 g/mol. The molecule has 134 valence electrons. The van der Waals surface area contributed by atoms with Crippen molar-refractivity contribution in [1.82, 2.24) is 5.32 Å². The van der Waals surface area contributed by atoms with Gasteiger partial charge in [-0.2, -0.15) is 0 Å². The molecule has 2 rings (SSSR count). The lowest BCUT2D eigenvalue weighted by molar-refractivity contribution is -0.116. The maximum absolute atomic E-state index is 12.0. The molecule has 0 unspecified atom stereocenters. The Morgan fingerprint density at radius 2 is 1.88 bits per heavy atom. The van der Waals surface area contributed by atoms with Crippen LogP contribution in [-0.4, -0.2) is 26.7 Å². The first-order valence-corrected chi connectivity index (χ1v) is 8.39. The Morgan fingerprint density at radius 3 is 2.60 bits per heavy atom. The van der Waals surface area contributed by atoms with Crippen LogP contribution in [0.15, 0.2) is 36.4 Å². The smallest absolute Gasteiger partial charge is 0.225 e. The standard InChI is InChI=1S/C19H23ClN2O3/c1-13-15(20)5-4-6-16(13)22-19(23)9-10-21-12-14-7-8-17(24-2)18(11-14)25-3/h4-8,11,21H,9-10,12H2,1-3H3,(H,22,23). The molecule has 0 spiro atoms. The number of methoxy groups -OCH3 is 2. The summed E-state index contributed by atoms with van der Waals surface area (Å²) in [4.78, 5) is 12.0. The zero-order valence-electron chi connectivity index (χ0n) is 14.7. The third kappa shape index (κ3) is 5.37. The molecule has 25 heavy (non-hydrogen) atoms. The van der Waals surface area contributed by atoms with E-state index in [9.17, 15) is 4.79 Å². The lowest BCUT2D eigenvalue weighted by Crippen LogP contribution is -2.21.